The molecule has 1 aromatic rings. The van der Waals surface area contributed by atoms with Crippen molar-refractivity contribution in [3.05, 3.63) is 23.9 Å². The molecule has 0 aromatic carbocycles. The van der Waals surface area contributed by atoms with Crippen LogP contribution in [0.4, 0.5) is 5.82 Å². The highest BCUT2D eigenvalue weighted by molar-refractivity contribution is 5.98. The first-order valence-corrected chi connectivity index (χ1v) is 6.21. The topological polar surface area (TPSA) is 68.5 Å². The van der Waals surface area contributed by atoms with Gasteiger partial charge >= 0.3 is 0 Å². The lowest BCUT2D eigenvalue weighted by atomic mass is 9.98. The molecule has 1 aliphatic heterocycles. The minimum atomic E-state index is -0.0265. The number of nitrogens with two attached hydrogens (primary N) is 1. The van der Waals surface area contributed by atoms with Gasteiger partial charge in [-0.05, 0) is 30.9 Å². The second kappa shape index (κ2) is 5.82. The number of ether oxygens (including phenoxy) is 1. The molecule has 1 unspecified atom stereocenters. The molecule has 2 rings (SSSR count). The van der Waals surface area contributed by atoms with E-state index in [-0.39, 0.29) is 5.91 Å². The molecule has 1 aliphatic rings. The van der Waals surface area contributed by atoms with E-state index < -0.39 is 0 Å². The Kier molecular flexibility index (Phi) is 4.15. The second-order valence-electron chi connectivity index (χ2n) is 4.65. The Labute approximate surface area is 107 Å². The zero-order valence-electron chi connectivity index (χ0n) is 10.6. The fraction of sp³-hybridized carbons (Fsp3) is 0.538. The Morgan fingerprint density at radius 3 is 3.22 bits per heavy atom. The third kappa shape index (κ3) is 2.79. The zero-order valence-corrected chi connectivity index (χ0v) is 10.6. The van der Waals surface area contributed by atoms with E-state index in [4.69, 9.17) is 10.5 Å². The molecule has 98 valence electrons. The minimum absolute atomic E-state index is 0.0265. The smallest absolute Gasteiger partial charge is 0.257 e. The number of aromatic nitrogens is 1. The number of hydrogen-bond donors (Lipinski definition) is 1. The lowest BCUT2D eigenvalue weighted by Gasteiger charge is -2.32. The maximum Gasteiger partial charge on any atom is 0.257 e. The Morgan fingerprint density at radius 2 is 2.50 bits per heavy atom. The summed E-state index contributed by atoms with van der Waals surface area (Å²) in [5.74, 6) is 0.698. The molecule has 1 fully saturated rings. The maximum absolute atomic E-state index is 12.3. The summed E-state index contributed by atoms with van der Waals surface area (Å²) in [6.45, 7) is 2.22. The molecule has 2 heterocycles. The van der Waals surface area contributed by atoms with E-state index in [9.17, 15) is 4.79 Å². The van der Waals surface area contributed by atoms with Gasteiger partial charge in [0.1, 0.15) is 5.82 Å². The Balaban J connectivity index is 2.07. The predicted molar refractivity (Wildman–Crippen MR) is 69.2 cm³/mol. The summed E-state index contributed by atoms with van der Waals surface area (Å²) in [5.41, 5.74) is 6.23. The molecule has 0 bridgehead atoms. The highest BCUT2D eigenvalue weighted by Gasteiger charge is 2.25. The van der Waals surface area contributed by atoms with E-state index >= 15 is 0 Å². The van der Waals surface area contributed by atoms with Gasteiger partial charge < -0.3 is 15.4 Å². The number of amides is 1. The first-order valence-electron chi connectivity index (χ1n) is 6.21. The van der Waals surface area contributed by atoms with E-state index in [0.717, 1.165) is 25.9 Å². The average Bonchev–Trinajstić information content (AvgIpc) is 2.39. The number of pyridine rings is 1. The molecule has 1 atom stereocenters. The Hall–Kier alpha value is -1.62. The first-order chi connectivity index (χ1) is 8.72. The Bertz CT molecular complexity index is 420. The van der Waals surface area contributed by atoms with Crippen molar-refractivity contribution in [1.29, 1.82) is 0 Å². The Morgan fingerprint density at radius 1 is 1.67 bits per heavy atom. The summed E-state index contributed by atoms with van der Waals surface area (Å²) in [4.78, 5) is 18.1. The molecule has 0 saturated carbocycles. The van der Waals surface area contributed by atoms with Gasteiger partial charge in [-0.25, -0.2) is 4.98 Å². The number of methoxy groups -OCH3 is 1. The number of nitrogen functional groups attached to an aromatic ring is 1. The zero-order chi connectivity index (χ0) is 13.0. The lowest BCUT2D eigenvalue weighted by molar-refractivity contribution is 0.0571. The molecule has 18 heavy (non-hydrogen) atoms. The summed E-state index contributed by atoms with van der Waals surface area (Å²) >= 11 is 0. The van der Waals surface area contributed by atoms with E-state index in [1.165, 1.54) is 0 Å². The molecule has 0 radical (unpaired) electrons. The van der Waals surface area contributed by atoms with Crippen molar-refractivity contribution in [2.75, 3.05) is 32.5 Å². The van der Waals surface area contributed by atoms with Crippen molar-refractivity contribution >= 4 is 11.7 Å². The van der Waals surface area contributed by atoms with Gasteiger partial charge in [0.2, 0.25) is 0 Å². The normalized spacial score (nSPS) is 19.8. The third-order valence-electron chi connectivity index (χ3n) is 3.28. The van der Waals surface area contributed by atoms with Crippen molar-refractivity contribution in [3.8, 4) is 0 Å². The van der Waals surface area contributed by atoms with Crippen LogP contribution in [0.15, 0.2) is 18.3 Å². The van der Waals surface area contributed by atoms with Crippen LogP contribution < -0.4 is 5.73 Å². The van der Waals surface area contributed by atoms with E-state index in [2.05, 4.69) is 4.98 Å². The van der Waals surface area contributed by atoms with E-state index in [1.807, 2.05) is 4.90 Å². The SMILES string of the molecule is COCC1CCCN(C(=O)c2cccnc2N)C1. The van der Waals surface area contributed by atoms with Crippen LogP contribution in [0.2, 0.25) is 0 Å². The summed E-state index contributed by atoms with van der Waals surface area (Å²) in [5, 5.41) is 0. The lowest BCUT2D eigenvalue weighted by Crippen LogP contribution is -2.41. The quantitative estimate of drug-likeness (QED) is 0.873. The third-order valence-corrected chi connectivity index (χ3v) is 3.28. The van der Waals surface area contributed by atoms with Crippen LogP contribution in [0, 0.1) is 5.92 Å². The van der Waals surface area contributed by atoms with Crippen LogP contribution >= 0.6 is 0 Å². The first kappa shape index (κ1) is 12.8. The summed E-state index contributed by atoms with van der Waals surface area (Å²) in [7, 11) is 1.69. The number of anilines is 1. The van der Waals surface area contributed by atoms with Gasteiger partial charge in [-0.15, -0.1) is 0 Å². The van der Waals surface area contributed by atoms with E-state index in [0.29, 0.717) is 23.9 Å². The fourth-order valence-corrected chi connectivity index (χ4v) is 2.39. The minimum Gasteiger partial charge on any atom is -0.384 e. The van der Waals surface area contributed by atoms with Crippen molar-refractivity contribution in [2.45, 2.75) is 12.8 Å². The summed E-state index contributed by atoms with van der Waals surface area (Å²) in [6.07, 6.45) is 3.72. The molecular formula is C13H19N3O2. The van der Waals surface area contributed by atoms with Crippen molar-refractivity contribution in [1.82, 2.24) is 9.88 Å². The van der Waals surface area contributed by atoms with Crippen LogP contribution in [0.3, 0.4) is 0 Å². The highest BCUT2D eigenvalue weighted by atomic mass is 16.5. The number of carbonyl (C=O) groups is 1. The number of hydrogen-bond acceptors (Lipinski definition) is 4. The number of carbonyl (C=O) groups excluding carboxylic acids is 1. The van der Waals surface area contributed by atoms with Gasteiger partial charge in [0.15, 0.2) is 0 Å². The van der Waals surface area contributed by atoms with Crippen molar-refractivity contribution in [3.63, 3.8) is 0 Å². The highest BCUT2D eigenvalue weighted by Crippen LogP contribution is 2.20. The fourth-order valence-electron chi connectivity index (χ4n) is 2.39. The van der Waals surface area contributed by atoms with Crippen molar-refractivity contribution < 1.29 is 9.53 Å². The van der Waals surface area contributed by atoms with Gasteiger partial charge in [0, 0.05) is 26.4 Å². The molecule has 1 aromatic heterocycles. The molecule has 5 heteroatoms. The van der Waals surface area contributed by atoms with Gasteiger partial charge in [-0.2, -0.15) is 0 Å². The van der Waals surface area contributed by atoms with Crippen LogP contribution in [0.5, 0.6) is 0 Å². The van der Waals surface area contributed by atoms with Crippen LogP contribution in [0.1, 0.15) is 23.2 Å². The van der Waals surface area contributed by atoms with E-state index in [1.54, 1.807) is 25.4 Å². The standard InChI is InChI=1S/C13H19N3O2/c1-18-9-10-4-3-7-16(8-10)13(17)11-5-2-6-15-12(11)14/h2,5-6,10H,3-4,7-9H2,1H3,(H2,14,15). The van der Waals surface area contributed by atoms with Gasteiger partial charge in [0.05, 0.1) is 12.2 Å². The number of likely N-dealkylation sites (tertiary alicyclic amines) is 1. The molecule has 2 N–H and O–H groups in total. The summed E-state index contributed by atoms with van der Waals surface area (Å²) < 4.78 is 5.16. The summed E-state index contributed by atoms with van der Waals surface area (Å²) in [6, 6.07) is 3.46. The predicted octanol–water partition coefficient (Wildman–Crippen LogP) is 1.16. The van der Waals surface area contributed by atoms with Gasteiger partial charge in [0.25, 0.3) is 5.91 Å². The van der Waals surface area contributed by atoms with Crippen LogP contribution in [0.25, 0.3) is 0 Å². The molecule has 0 spiro atoms. The molecule has 5 nitrogen and oxygen atoms in total. The van der Waals surface area contributed by atoms with Gasteiger partial charge in [-0.3, -0.25) is 4.79 Å². The molecular weight excluding hydrogens is 230 g/mol. The number of rotatable bonds is 3. The van der Waals surface area contributed by atoms with Crippen molar-refractivity contribution in [2.24, 2.45) is 5.92 Å². The number of nitrogens with zero attached hydrogens (tertiary/aromatic N) is 2. The largest absolute Gasteiger partial charge is 0.384 e. The van der Waals surface area contributed by atoms with Crippen LogP contribution in [-0.4, -0.2) is 42.6 Å². The average molecular weight is 249 g/mol. The molecule has 1 amide bonds. The van der Waals surface area contributed by atoms with Crippen LogP contribution in [-0.2, 0) is 4.74 Å². The monoisotopic (exact) mass is 249 g/mol. The molecule has 1 saturated heterocycles. The second-order valence-corrected chi connectivity index (χ2v) is 4.65. The maximum atomic E-state index is 12.3. The number of piperidine rings is 1. The molecule has 0 aliphatic carbocycles. The van der Waals surface area contributed by atoms with Gasteiger partial charge in [-0.1, -0.05) is 0 Å².